The van der Waals surface area contributed by atoms with E-state index in [-0.39, 0.29) is 5.91 Å². The molecule has 1 aromatic carbocycles. The second-order valence-corrected chi connectivity index (χ2v) is 6.69. The van der Waals surface area contributed by atoms with Crippen LogP contribution in [0.15, 0.2) is 29.4 Å². The van der Waals surface area contributed by atoms with Gasteiger partial charge in [0.25, 0.3) is 0 Å². The first kappa shape index (κ1) is 16.1. The molecule has 3 rings (SSSR count). The number of anilines is 1. The van der Waals surface area contributed by atoms with Crippen molar-refractivity contribution in [3.8, 4) is 0 Å². The van der Waals surface area contributed by atoms with Crippen LogP contribution in [0.25, 0.3) is 0 Å². The van der Waals surface area contributed by atoms with Gasteiger partial charge in [-0.1, -0.05) is 30.8 Å². The van der Waals surface area contributed by atoms with Gasteiger partial charge < -0.3 is 9.88 Å². The number of benzene rings is 1. The fourth-order valence-corrected chi connectivity index (χ4v) is 3.35. The van der Waals surface area contributed by atoms with Crippen molar-refractivity contribution < 1.29 is 4.79 Å². The van der Waals surface area contributed by atoms with Crippen LogP contribution in [0.5, 0.6) is 0 Å². The normalized spacial score (nSPS) is 14.0. The Morgan fingerprint density at radius 1 is 1.35 bits per heavy atom. The predicted octanol–water partition coefficient (Wildman–Crippen LogP) is 3.47. The minimum absolute atomic E-state index is 0.0121. The molecule has 1 fully saturated rings. The fourth-order valence-electron chi connectivity index (χ4n) is 2.54. The van der Waals surface area contributed by atoms with Gasteiger partial charge in [-0.3, -0.25) is 4.79 Å². The molecule has 1 heterocycles. The van der Waals surface area contributed by atoms with E-state index in [1.54, 1.807) is 0 Å². The van der Waals surface area contributed by atoms with E-state index < -0.39 is 0 Å². The molecular weight excluding hydrogens is 308 g/mol. The molecule has 23 heavy (non-hydrogen) atoms. The zero-order chi connectivity index (χ0) is 16.2. The van der Waals surface area contributed by atoms with Crippen LogP contribution in [0.3, 0.4) is 0 Å². The Morgan fingerprint density at radius 3 is 2.87 bits per heavy atom. The van der Waals surface area contributed by atoms with E-state index in [9.17, 15) is 4.79 Å². The molecule has 6 heteroatoms. The third kappa shape index (κ3) is 3.93. The van der Waals surface area contributed by atoms with Crippen LogP contribution in [0.2, 0.25) is 0 Å². The largest absolute Gasteiger partial charge is 0.325 e. The minimum Gasteiger partial charge on any atom is -0.325 e. The van der Waals surface area contributed by atoms with Gasteiger partial charge in [0.1, 0.15) is 5.82 Å². The summed E-state index contributed by atoms with van der Waals surface area (Å²) in [7, 11) is 0. The Balaban J connectivity index is 1.58. The van der Waals surface area contributed by atoms with Crippen molar-refractivity contribution in [1.29, 1.82) is 0 Å². The number of carbonyl (C=O) groups is 1. The molecule has 1 aliphatic carbocycles. The smallest absolute Gasteiger partial charge is 0.234 e. The van der Waals surface area contributed by atoms with Crippen LogP contribution in [-0.2, 0) is 17.8 Å². The lowest BCUT2D eigenvalue weighted by Gasteiger charge is -2.08. The third-order valence-electron chi connectivity index (χ3n) is 3.96. The van der Waals surface area contributed by atoms with E-state index in [2.05, 4.69) is 40.0 Å². The number of hydrogen-bond donors (Lipinski definition) is 1. The molecule has 0 atom stereocenters. The molecule has 1 saturated carbocycles. The van der Waals surface area contributed by atoms with Crippen LogP contribution < -0.4 is 5.32 Å². The van der Waals surface area contributed by atoms with Crippen molar-refractivity contribution >= 4 is 23.4 Å². The van der Waals surface area contributed by atoms with Gasteiger partial charge in [0.15, 0.2) is 5.16 Å². The van der Waals surface area contributed by atoms with Crippen molar-refractivity contribution in [3.63, 3.8) is 0 Å². The molecule has 0 bridgehead atoms. The average molecular weight is 330 g/mol. The van der Waals surface area contributed by atoms with E-state index in [0.29, 0.717) is 11.7 Å². The first-order valence-electron chi connectivity index (χ1n) is 8.16. The Kier molecular flexibility index (Phi) is 5.00. The van der Waals surface area contributed by atoms with Crippen LogP contribution in [0.1, 0.15) is 44.0 Å². The Bertz CT molecular complexity index is 694. The zero-order valence-electron chi connectivity index (χ0n) is 13.6. The Labute approximate surface area is 140 Å². The van der Waals surface area contributed by atoms with Gasteiger partial charge in [0.05, 0.1) is 5.75 Å². The first-order chi connectivity index (χ1) is 11.2. The number of nitrogens with one attached hydrogen (secondary N) is 1. The van der Waals surface area contributed by atoms with Gasteiger partial charge in [-0.05, 0) is 43.9 Å². The molecule has 122 valence electrons. The maximum atomic E-state index is 12.1. The predicted molar refractivity (Wildman–Crippen MR) is 92.8 cm³/mol. The van der Waals surface area contributed by atoms with Crippen molar-refractivity contribution in [2.24, 2.45) is 0 Å². The summed E-state index contributed by atoms with van der Waals surface area (Å²) in [5.41, 5.74) is 2.07. The highest BCUT2D eigenvalue weighted by Crippen LogP contribution is 2.39. The van der Waals surface area contributed by atoms with Gasteiger partial charge >= 0.3 is 0 Å². The topological polar surface area (TPSA) is 59.8 Å². The maximum absolute atomic E-state index is 12.1. The summed E-state index contributed by atoms with van der Waals surface area (Å²) >= 11 is 1.45. The standard InChI is InChI=1S/C17H22N4OS/c1-3-12-6-5-7-14(10-12)18-15(22)11-23-17-20-19-16(13-8-9-13)21(17)4-2/h5-7,10,13H,3-4,8-9,11H2,1-2H3,(H,18,22). The highest BCUT2D eigenvalue weighted by molar-refractivity contribution is 7.99. The quantitative estimate of drug-likeness (QED) is 0.790. The maximum Gasteiger partial charge on any atom is 0.234 e. The third-order valence-corrected chi connectivity index (χ3v) is 4.92. The van der Waals surface area contributed by atoms with Crippen LogP contribution in [0.4, 0.5) is 5.69 Å². The highest BCUT2D eigenvalue weighted by Gasteiger charge is 2.30. The molecule has 1 amide bonds. The number of hydrogen-bond acceptors (Lipinski definition) is 4. The molecule has 1 aliphatic rings. The second kappa shape index (κ2) is 7.17. The molecule has 0 unspecified atom stereocenters. The van der Waals surface area contributed by atoms with Gasteiger partial charge in [-0.2, -0.15) is 0 Å². The average Bonchev–Trinajstić information content (AvgIpc) is 3.33. The number of thioether (sulfide) groups is 1. The molecule has 1 aromatic heterocycles. The summed E-state index contributed by atoms with van der Waals surface area (Å²) in [4.78, 5) is 12.1. The number of aromatic nitrogens is 3. The number of carbonyl (C=O) groups excluding carboxylic acids is 1. The minimum atomic E-state index is -0.0121. The van der Waals surface area contributed by atoms with Gasteiger partial charge in [-0.15, -0.1) is 10.2 Å². The SMILES string of the molecule is CCc1cccc(NC(=O)CSc2nnc(C3CC3)n2CC)c1. The molecule has 0 aliphatic heterocycles. The summed E-state index contributed by atoms with van der Waals surface area (Å²) in [6.45, 7) is 5.04. The fraction of sp³-hybridized carbons (Fsp3) is 0.471. The van der Waals surface area contributed by atoms with Crippen LogP contribution >= 0.6 is 11.8 Å². The Hall–Kier alpha value is -1.82. The van der Waals surface area contributed by atoms with Crippen molar-refractivity contribution in [1.82, 2.24) is 14.8 Å². The number of aryl methyl sites for hydroxylation is 1. The van der Waals surface area contributed by atoms with Crippen molar-refractivity contribution in [3.05, 3.63) is 35.7 Å². The molecule has 0 radical (unpaired) electrons. The van der Waals surface area contributed by atoms with Gasteiger partial charge in [0.2, 0.25) is 5.91 Å². The number of nitrogens with zero attached hydrogens (tertiary/aromatic N) is 3. The highest BCUT2D eigenvalue weighted by atomic mass is 32.2. The first-order valence-corrected chi connectivity index (χ1v) is 9.14. The molecule has 0 saturated heterocycles. The summed E-state index contributed by atoms with van der Waals surface area (Å²) in [5.74, 6) is 1.98. The molecule has 1 N–H and O–H groups in total. The van der Waals surface area contributed by atoms with Crippen LogP contribution in [-0.4, -0.2) is 26.4 Å². The lowest BCUT2D eigenvalue weighted by atomic mass is 10.1. The zero-order valence-corrected chi connectivity index (χ0v) is 14.4. The van der Waals surface area contributed by atoms with Gasteiger partial charge in [0, 0.05) is 18.2 Å². The van der Waals surface area contributed by atoms with E-state index in [1.807, 2.05) is 18.2 Å². The van der Waals surface area contributed by atoms with E-state index in [0.717, 1.165) is 29.6 Å². The summed E-state index contributed by atoms with van der Waals surface area (Å²) in [6.07, 6.45) is 3.37. The van der Waals surface area contributed by atoms with E-state index in [4.69, 9.17) is 0 Å². The lowest BCUT2D eigenvalue weighted by Crippen LogP contribution is -2.14. The van der Waals surface area contributed by atoms with E-state index in [1.165, 1.54) is 30.2 Å². The van der Waals surface area contributed by atoms with Gasteiger partial charge in [-0.25, -0.2) is 0 Å². The van der Waals surface area contributed by atoms with Crippen molar-refractivity contribution in [2.75, 3.05) is 11.1 Å². The second-order valence-electron chi connectivity index (χ2n) is 5.75. The monoisotopic (exact) mass is 330 g/mol. The molecule has 5 nitrogen and oxygen atoms in total. The van der Waals surface area contributed by atoms with E-state index >= 15 is 0 Å². The number of rotatable bonds is 7. The summed E-state index contributed by atoms with van der Waals surface area (Å²) in [5, 5.41) is 12.3. The summed E-state index contributed by atoms with van der Waals surface area (Å²) in [6, 6.07) is 7.97. The lowest BCUT2D eigenvalue weighted by molar-refractivity contribution is -0.113. The molecule has 2 aromatic rings. The molecule has 0 spiro atoms. The van der Waals surface area contributed by atoms with Crippen LogP contribution in [0, 0.1) is 0 Å². The van der Waals surface area contributed by atoms with Crippen molar-refractivity contribution in [2.45, 2.75) is 50.7 Å². The molecular formula is C17H22N4OS. The summed E-state index contributed by atoms with van der Waals surface area (Å²) < 4.78 is 2.13. The number of amides is 1. The Morgan fingerprint density at radius 2 is 2.17 bits per heavy atom.